The molecule has 1 aliphatic carbocycles. The zero-order valence-corrected chi connectivity index (χ0v) is 13.7. The van der Waals surface area contributed by atoms with Crippen molar-refractivity contribution in [3.05, 3.63) is 0 Å². The molecule has 0 aromatic carbocycles. The molecule has 1 heterocycles. The molecule has 0 radical (unpaired) electrons. The fourth-order valence-electron chi connectivity index (χ4n) is 3.66. The van der Waals surface area contributed by atoms with E-state index >= 15 is 0 Å². The molecule has 5 nitrogen and oxygen atoms in total. The van der Waals surface area contributed by atoms with Crippen LogP contribution in [0.1, 0.15) is 51.4 Å². The SMILES string of the molecule is CO[C@@]1(CCC(N)=O)CCCN(C(=O)C2CCC(F)(F)CC2)C1. The van der Waals surface area contributed by atoms with Gasteiger partial charge in [-0.15, -0.1) is 0 Å². The maximum Gasteiger partial charge on any atom is 0.248 e. The topological polar surface area (TPSA) is 72.6 Å². The quantitative estimate of drug-likeness (QED) is 0.838. The van der Waals surface area contributed by atoms with E-state index in [2.05, 4.69) is 0 Å². The van der Waals surface area contributed by atoms with Gasteiger partial charge in [-0.25, -0.2) is 8.78 Å². The first-order valence-corrected chi connectivity index (χ1v) is 8.27. The summed E-state index contributed by atoms with van der Waals surface area (Å²) < 4.78 is 32.1. The molecular formula is C16H26F2N2O3. The summed E-state index contributed by atoms with van der Waals surface area (Å²) in [5, 5.41) is 0. The van der Waals surface area contributed by atoms with Crippen molar-refractivity contribution in [2.75, 3.05) is 20.2 Å². The Morgan fingerprint density at radius 2 is 1.91 bits per heavy atom. The number of likely N-dealkylation sites (tertiary alicyclic amines) is 1. The van der Waals surface area contributed by atoms with Crippen molar-refractivity contribution in [1.29, 1.82) is 0 Å². The standard InChI is InChI=1S/C16H26F2N2O3/c1-23-15(7-5-13(19)21)6-2-10-20(11-15)14(22)12-3-8-16(17,18)9-4-12/h12H,2-11H2,1H3,(H2,19,21)/t15-/m1/s1. The molecule has 2 rings (SSSR count). The highest BCUT2D eigenvalue weighted by atomic mass is 19.3. The summed E-state index contributed by atoms with van der Waals surface area (Å²) in [6.45, 7) is 1.02. The molecular weight excluding hydrogens is 306 g/mol. The van der Waals surface area contributed by atoms with Crippen LogP contribution in [0, 0.1) is 5.92 Å². The number of halogens is 2. The molecule has 1 atom stereocenters. The largest absolute Gasteiger partial charge is 0.376 e. The number of ether oxygens (including phenoxy) is 1. The van der Waals surface area contributed by atoms with Gasteiger partial charge in [-0.05, 0) is 32.1 Å². The average molecular weight is 332 g/mol. The number of primary amides is 1. The van der Waals surface area contributed by atoms with E-state index in [1.165, 1.54) is 0 Å². The number of hydrogen-bond acceptors (Lipinski definition) is 3. The fraction of sp³-hybridized carbons (Fsp3) is 0.875. The van der Waals surface area contributed by atoms with Crippen LogP contribution in [0.5, 0.6) is 0 Å². The first-order chi connectivity index (χ1) is 10.8. The van der Waals surface area contributed by atoms with Crippen molar-refractivity contribution >= 4 is 11.8 Å². The number of alkyl halides is 2. The lowest BCUT2D eigenvalue weighted by Gasteiger charge is -2.43. The van der Waals surface area contributed by atoms with E-state index in [1.807, 2.05) is 0 Å². The molecule has 0 spiro atoms. The van der Waals surface area contributed by atoms with Crippen molar-refractivity contribution in [3.63, 3.8) is 0 Å². The number of amides is 2. The van der Waals surface area contributed by atoms with Crippen molar-refractivity contribution in [2.45, 2.75) is 62.9 Å². The van der Waals surface area contributed by atoms with Gasteiger partial charge in [0.1, 0.15) is 0 Å². The van der Waals surface area contributed by atoms with Crippen molar-refractivity contribution in [2.24, 2.45) is 11.7 Å². The van der Waals surface area contributed by atoms with E-state index in [0.717, 1.165) is 12.8 Å². The summed E-state index contributed by atoms with van der Waals surface area (Å²) in [6, 6.07) is 0. The van der Waals surface area contributed by atoms with Crippen molar-refractivity contribution in [3.8, 4) is 0 Å². The molecule has 2 aliphatic rings. The smallest absolute Gasteiger partial charge is 0.248 e. The second-order valence-electron chi connectivity index (χ2n) is 6.85. The number of carbonyl (C=O) groups is 2. The molecule has 132 valence electrons. The lowest BCUT2D eigenvalue weighted by atomic mass is 9.83. The number of nitrogens with zero attached hydrogens (tertiary/aromatic N) is 1. The molecule has 1 saturated carbocycles. The summed E-state index contributed by atoms with van der Waals surface area (Å²) in [6.07, 6.45) is 2.29. The Balaban J connectivity index is 1.96. The van der Waals surface area contributed by atoms with Gasteiger partial charge in [-0.2, -0.15) is 0 Å². The number of hydrogen-bond donors (Lipinski definition) is 1. The summed E-state index contributed by atoms with van der Waals surface area (Å²) in [7, 11) is 1.58. The third kappa shape index (κ3) is 4.62. The van der Waals surface area contributed by atoms with Crippen LogP contribution in [0.3, 0.4) is 0 Å². The second kappa shape index (κ2) is 7.11. The Labute approximate surface area is 135 Å². The maximum atomic E-state index is 13.2. The predicted octanol–water partition coefficient (Wildman–Crippen LogP) is 2.08. The molecule has 0 aromatic rings. The first kappa shape index (κ1) is 18.1. The highest BCUT2D eigenvalue weighted by Gasteiger charge is 2.42. The molecule has 7 heteroatoms. The molecule has 2 fully saturated rings. The van der Waals surface area contributed by atoms with Gasteiger partial charge in [0.2, 0.25) is 17.7 Å². The minimum absolute atomic E-state index is 0.0549. The van der Waals surface area contributed by atoms with E-state index in [4.69, 9.17) is 10.5 Å². The second-order valence-corrected chi connectivity index (χ2v) is 6.85. The lowest BCUT2D eigenvalue weighted by molar-refractivity contribution is -0.149. The molecule has 2 amide bonds. The highest BCUT2D eigenvalue weighted by Crippen LogP contribution is 2.38. The summed E-state index contributed by atoms with van der Waals surface area (Å²) >= 11 is 0. The molecule has 0 unspecified atom stereocenters. The Morgan fingerprint density at radius 3 is 2.48 bits per heavy atom. The Hall–Kier alpha value is -1.24. The number of rotatable bonds is 5. The monoisotopic (exact) mass is 332 g/mol. The van der Waals surface area contributed by atoms with Gasteiger partial charge in [0.15, 0.2) is 0 Å². The normalized spacial score (nSPS) is 28.6. The number of nitrogens with two attached hydrogens (primary N) is 1. The Kier molecular flexibility index (Phi) is 5.60. The highest BCUT2D eigenvalue weighted by molar-refractivity contribution is 5.79. The third-order valence-corrected chi connectivity index (χ3v) is 5.18. The lowest BCUT2D eigenvalue weighted by Crippen LogP contribution is -2.53. The van der Waals surface area contributed by atoms with Crippen LogP contribution in [-0.2, 0) is 14.3 Å². The van der Waals surface area contributed by atoms with Crippen LogP contribution in [0.2, 0.25) is 0 Å². The minimum atomic E-state index is -2.63. The van der Waals surface area contributed by atoms with Crippen LogP contribution in [0.15, 0.2) is 0 Å². The maximum absolute atomic E-state index is 13.2. The molecule has 0 aromatic heterocycles. The molecule has 23 heavy (non-hydrogen) atoms. The first-order valence-electron chi connectivity index (χ1n) is 8.27. The molecule has 1 saturated heterocycles. The minimum Gasteiger partial charge on any atom is -0.376 e. The summed E-state index contributed by atoms with van der Waals surface area (Å²) in [5.41, 5.74) is 4.66. The average Bonchev–Trinajstić information content (AvgIpc) is 2.52. The number of methoxy groups -OCH3 is 1. The van der Waals surface area contributed by atoms with Crippen LogP contribution in [-0.4, -0.2) is 48.4 Å². The van der Waals surface area contributed by atoms with Crippen molar-refractivity contribution in [1.82, 2.24) is 4.90 Å². The predicted molar refractivity (Wildman–Crippen MR) is 80.9 cm³/mol. The van der Waals surface area contributed by atoms with E-state index in [0.29, 0.717) is 19.5 Å². The molecule has 0 bridgehead atoms. The van der Waals surface area contributed by atoms with Gasteiger partial charge in [-0.3, -0.25) is 9.59 Å². The van der Waals surface area contributed by atoms with Gasteiger partial charge in [0, 0.05) is 45.4 Å². The summed E-state index contributed by atoms with van der Waals surface area (Å²) in [5.74, 6) is -3.39. The molecule has 2 N–H and O–H groups in total. The van der Waals surface area contributed by atoms with E-state index in [-0.39, 0.29) is 49.8 Å². The van der Waals surface area contributed by atoms with Gasteiger partial charge < -0.3 is 15.4 Å². The Bertz CT molecular complexity index is 449. The van der Waals surface area contributed by atoms with E-state index < -0.39 is 11.5 Å². The van der Waals surface area contributed by atoms with Crippen LogP contribution < -0.4 is 5.73 Å². The van der Waals surface area contributed by atoms with Gasteiger partial charge in [0.25, 0.3) is 0 Å². The van der Waals surface area contributed by atoms with Crippen LogP contribution in [0.4, 0.5) is 8.78 Å². The fourth-order valence-corrected chi connectivity index (χ4v) is 3.66. The molecule has 1 aliphatic heterocycles. The van der Waals surface area contributed by atoms with Crippen molar-refractivity contribution < 1.29 is 23.1 Å². The zero-order valence-electron chi connectivity index (χ0n) is 13.7. The van der Waals surface area contributed by atoms with Gasteiger partial charge in [-0.1, -0.05) is 0 Å². The Morgan fingerprint density at radius 1 is 1.26 bits per heavy atom. The summed E-state index contributed by atoms with van der Waals surface area (Å²) in [4.78, 5) is 25.4. The van der Waals surface area contributed by atoms with Crippen LogP contribution in [0.25, 0.3) is 0 Å². The number of carbonyl (C=O) groups excluding carboxylic acids is 2. The van der Waals surface area contributed by atoms with E-state index in [9.17, 15) is 18.4 Å². The van der Waals surface area contributed by atoms with Gasteiger partial charge in [0.05, 0.1) is 5.60 Å². The third-order valence-electron chi connectivity index (χ3n) is 5.18. The van der Waals surface area contributed by atoms with E-state index in [1.54, 1.807) is 12.0 Å². The number of piperidine rings is 1. The zero-order chi connectivity index (χ0) is 17.1. The van der Waals surface area contributed by atoms with Crippen LogP contribution >= 0.6 is 0 Å². The van der Waals surface area contributed by atoms with Gasteiger partial charge >= 0.3 is 0 Å².